The van der Waals surface area contributed by atoms with Gasteiger partial charge in [0.15, 0.2) is 0 Å². The first-order valence-corrected chi connectivity index (χ1v) is 10.9. The summed E-state index contributed by atoms with van der Waals surface area (Å²) in [7, 11) is 0. The van der Waals surface area contributed by atoms with E-state index in [0.717, 1.165) is 49.2 Å². The average Bonchev–Trinajstić information content (AvgIpc) is 2.82. The summed E-state index contributed by atoms with van der Waals surface area (Å²) in [5.41, 5.74) is 2.67. The van der Waals surface area contributed by atoms with Gasteiger partial charge in [0.2, 0.25) is 5.91 Å². The van der Waals surface area contributed by atoms with Crippen molar-refractivity contribution in [2.45, 2.75) is 31.8 Å². The van der Waals surface area contributed by atoms with Crippen LogP contribution in [0.5, 0.6) is 0 Å². The van der Waals surface area contributed by atoms with Crippen molar-refractivity contribution in [3.63, 3.8) is 0 Å². The van der Waals surface area contributed by atoms with Gasteiger partial charge in [0, 0.05) is 12.5 Å². The summed E-state index contributed by atoms with van der Waals surface area (Å²) in [5.74, 6) is -0.105. The van der Waals surface area contributed by atoms with Gasteiger partial charge in [-0.05, 0) is 61.7 Å². The summed E-state index contributed by atoms with van der Waals surface area (Å²) in [6.07, 6.45) is 1.65. The van der Waals surface area contributed by atoms with Crippen molar-refractivity contribution >= 4 is 5.91 Å². The highest BCUT2D eigenvalue weighted by molar-refractivity contribution is 5.80. The molecule has 0 unspecified atom stereocenters. The molecule has 0 spiro atoms. The Morgan fingerprint density at radius 3 is 1.94 bits per heavy atom. The molecule has 0 atom stereocenters. The van der Waals surface area contributed by atoms with Gasteiger partial charge >= 0.3 is 0 Å². The van der Waals surface area contributed by atoms with E-state index < -0.39 is 5.54 Å². The smallest absolute Gasteiger partial charge is 0.224 e. The molecular weight excluding hydrogens is 387 g/mol. The maximum absolute atomic E-state index is 13.3. The van der Waals surface area contributed by atoms with E-state index in [9.17, 15) is 9.18 Å². The first-order valence-electron chi connectivity index (χ1n) is 10.9. The predicted octanol–water partition coefficient (Wildman–Crippen LogP) is 5.12. The summed E-state index contributed by atoms with van der Waals surface area (Å²) in [6.45, 7) is 4.60. The molecule has 3 aromatic rings. The average molecular weight is 417 g/mol. The highest BCUT2D eigenvalue weighted by Crippen LogP contribution is 2.30. The van der Waals surface area contributed by atoms with Crippen LogP contribution in [-0.4, -0.2) is 23.9 Å². The van der Waals surface area contributed by atoms with Gasteiger partial charge in [-0.15, -0.1) is 0 Å². The molecular formula is C27H29FN2O. The monoisotopic (exact) mass is 416 g/mol. The maximum atomic E-state index is 13.3. The van der Waals surface area contributed by atoms with Gasteiger partial charge in [-0.1, -0.05) is 72.8 Å². The molecule has 1 aliphatic heterocycles. The molecule has 1 aliphatic rings. The lowest BCUT2D eigenvalue weighted by molar-refractivity contribution is -0.128. The van der Waals surface area contributed by atoms with Crippen molar-refractivity contribution in [2.75, 3.05) is 13.1 Å². The third-order valence-electron chi connectivity index (χ3n) is 6.35. The van der Waals surface area contributed by atoms with Crippen LogP contribution in [0.25, 0.3) is 0 Å². The lowest BCUT2D eigenvalue weighted by Crippen LogP contribution is -2.49. The molecule has 4 rings (SSSR count). The van der Waals surface area contributed by atoms with Gasteiger partial charge in [0.05, 0.1) is 5.54 Å². The van der Waals surface area contributed by atoms with E-state index in [1.807, 2.05) is 48.5 Å². The van der Waals surface area contributed by atoms with Crippen molar-refractivity contribution in [3.05, 3.63) is 107 Å². The molecule has 4 heteroatoms. The molecule has 0 aliphatic carbocycles. The van der Waals surface area contributed by atoms with Gasteiger partial charge in [-0.2, -0.15) is 0 Å². The lowest BCUT2D eigenvalue weighted by atomic mass is 9.83. The van der Waals surface area contributed by atoms with Crippen molar-refractivity contribution in [3.8, 4) is 0 Å². The van der Waals surface area contributed by atoms with Crippen LogP contribution in [0.4, 0.5) is 4.39 Å². The van der Waals surface area contributed by atoms with E-state index in [4.69, 9.17) is 0 Å². The number of nitrogens with zero attached hydrogens (tertiary/aromatic N) is 1. The molecule has 1 saturated heterocycles. The van der Waals surface area contributed by atoms with E-state index in [2.05, 4.69) is 41.4 Å². The Labute approximate surface area is 183 Å². The minimum atomic E-state index is -0.579. The zero-order chi connectivity index (χ0) is 21.7. The fourth-order valence-corrected chi connectivity index (χ4v) is 4.40. The summed E-state index contributed by atoms with van der Waals surface area (Å²) >= 11 is 0. The standard InChI is InChI=1S/C27H29FN2O/c1-27(23-8-4-2-5-9-23,24-10-6-3-7-11-24)29-26(31)22-16-18-30(19-17-22)20-21-12-14-25(28)15-13-21/h2-15,22H,16-20H2,1H3,(H,29,31). The Balaban J connectivity index is 1.42. The second-order valence-corrected chi connectivity index (χ2v) is 8.52. The van der Waals surface area contributed by atoms with Crippen LogP contribution >= 0.6 is 0 Å². The van der Waals surface area contributed by atoms with Crippen LogP contribution in [0.2, 0.25) is 0 Å². The second kappa shape index (κ2) is 9.44. The Bertz CT molecular complexity index is 941. The number of amides is 1. The molecule has 1 heterocycles. The molecule has 0 aromatic heterocycles. The first kappa shape index (κ1) is 21.3. The topological polar surface area (TPSA) is 32.3 Å². The number of benzene rings is 3. The van der Waals surface area contributed by atoms with Crippen LogP contribution in [-0.2, 0) is 16.9 Å². The maximum Gasteiger partial charge on any atom is 0.224 e. The van der Waals surface area contributed by atoms with Gasteiger partial charge in [-0.25, -0.2) is 4.39 Å². The number of carbonyl (C=O) groups excluding carboxylic acids is 1. The van der Waals surface area contributed by atoms with Crippen molar-refractivity contribution in [1.82, 2.24) is 10.2 Å². The third kappa shape index (κ3) is 5.02. The van der Waals surface area contributed by atoms with E-state index >= 15 is 0 Å². The Hall–Kier alpha value is -2.98. The van der Waals surface area contributed by atoms with Gasteiger partial charge in [0.25, 0.3) is 0 Å². The van der Waals surface area contributed by atoms with Crippen LogP contribution in [0, 0.1) is 11.7 Å². The van der Waals surface area contributed by atoms with E-state index in [1.54, 1.807) is 0 Å². The summed E-state index contributed by atoms with van der Waals surface area (Å²) in [4.78, 5) is 15.6. The molecule has 1 amide bonds. The van der Waals surface area contributed by atoms with Crippen molar-refractivity contribution in [2.24, 2.45) is 5.92 Å². The number of carbonyl (C=O) groups is 1. The Morgan fingerprint density at radius 1 is 0.903 bits per heavy atom. The Morgan fingerprint density at radius 2 is 1.42 bits per heavy atom. The molecule has 1 fully saturated rings. The van der Waals surface area contributed by atoms with Gasteiger partial charge in [0.1, 0.15) is 5.82 Å². The normalized spacial score (nSPS) is 15.5. The van der Waals surface area contributed by atoms with E-state index in [0.29, 0.717) is 0 Å². The number of rotatable bonds is 6. The largest absolute Gasteiger partial charge is 0.343 e. The first-order chi connectivity index (χ1) is 15.0. The van der Waals surface area contributed by atoms with E-state index in [1.165, 1.54) is 12.1 Å². The number of halogens is 1. The lowest BCUT2D eigenvalue weighted by Gasteiger charge is -2.36. The van der Waals surface area contributed by atoms with Crippen LogP contribution in [0.15, 0.2) is 84.9 Å². The Kier molecular flexibility index (Phi) is 6.47. The minimum absolute atomic E-state index is 0.00350. The van der Waals surface area contributed by atoms with Crippen LogP contribution in [0.1, 0.15) is 36.5 Å². The summed E-state index contributed by atoms with van der Waals surface area (Å²) in [6, 6.07) is 27.0. The number of piperidine rings is 1. The molecule has 1 N–H and O–H groups in total. The van der Waals surface area contributed by atoms with Crippen LogP contribution < -0.4 is 5.32 Å². The fraction of sp³-hybridized carbons (Fsp3) is 0.296. The third-order valence-corrected chi connectivity index (χ3v) is 6.35. The zero-order valence-electron chi connectivity index (χ0n) is 17.9. The number of nitrogens with one attached hydrogen (secondary N) is 1. The molecule has 0 bridgehead atoms. The zero-order valence-corrected chi connectivity index (χ0v) is 17.9. The molecule has 31 heavy (non-hydrogen) atoms. The second-order valence-electron chi connectivity index (χ2n) is 8.52. The number of hydrogen-bond acceptors (Lipinski definition) is 2. The van der Waals surface area contributed by atoms with Gasteiger partial charge in [-0.3, -0.25) is 9.69 Å². The van der Waals surface area contributed by atoms with E-state index in [-0.39, 0.29) is 17.6 Å². The van der Waals surface area contributed by atoms with Crippen molar-refractivity contribution < 1.29 is 9.18 Å². The summed E-state index contributed by atoms with van der Waals surface area (Å²) in [5, 5.41) is 3.37. The molecule has 3 aromatic carbocycles. The highest BCUT2D eigenvalue weighted by atomic mass is 19.1. The number of likely N-dealkylation sites (tertiary alicyclic amines) is 1. The SMILES string of the molecule is CC(NC(=O)C1CCN(Cc2ccc(F)cc2)CC1)(c1ccccc1)c1ccccc1. The fourth-order valence-electron chi connectivity index (χ4n) is 4.40. The van der Waals surface area contributed by atoms with Crippen molar-refractivity contribution in [1.29, 1.82) is 0 Å². The predicted molar refractivity (Wildman–Crippen MR) is 122 cm³/mol. The highest BCUT2D eigenvalue weighted by Gasteiger charge is 2.34. The molecule has 160 valence electrons. The molecule has 0 saturated carbocycles. The number of hydrogen-bond donors (Lipinski definition) is 1. The molecule has 3 nitrogen and oxygen atoms in total. The van der Waals surface area contributed by atoms with Crippen LogP contribution in [0.3, 0.4) is 0 Å². The van der Waals surface area contributed by atoms with Gasteiger partial charge < -0.3 is 5.32 Å². The minimum Gasteiger partial charge on any atom is -0.343 e. The molecule has 0 radical (unpaired) electrons. The summed E-state index contributed by atoms with van der Waals surface area (Å²) < 4.78 is 13.1. The quantitative estimate of drug-likeness (QED) is 0.605.